The van der Waals surface area contributed by atoms with Crippen LogP contribution in [-0.2, 0) is 11.8 Å². The highest BCUT2D eigenvalue weighted by atomic mass is 14.4. The third-order valence-electron chi connectivity index (χ3n) is 12.5. The van der Waals surface area contributed by atoms with Crippen LogP contribution in [0, 0.1) is 32.6 Å². The van der Waals surface area contributed by atoms with Crippen LogP contribution in [-0.4, -0.2) is 0 Å². The fourth-order valence-electron chi connectivity index (χ4n) is 8.66. The first-order valence-electron chi connectivity index (χ1n) is 24.5. The molecule has 0 aromatic heterocycles. The summed E-state index contributed by atoms with van der Waals surface area (Å²) in [6.07, 6.45) is 16.5. The molecule has 0 saturated heterocycles. The molecule has 1 unspecified atom stereocenters. The largest absolute Gasteiger partial charge is 0.0840 e. The number of hydrogen-bond acceptors (Lipinski definition) is 0. The average molecular weight is 857 g/mol. The molecule has 0 radical (unpaired) electrons. The zero-order valence-corrected chi connectivity index (χ0v) is 41.4. The van der Waals surface area contributed by atoms with Gasteiger partial charge in [0, 0.05) is 5.41 Å². The summed E-state index contributed by atoms with van der Waals surface area (Å²) in [6.45, 7) is 22.0. The summed E-state index contributed by atoms with van der Waals surface area (Å²) in [6, 6.07) is 61.1. The Morgan fingerprint density at radius 2 is 1.08 bits per heavy atom. The van der Waals surface area contributed by atoms with Gasteiger partial charge in [-0.3, -0.25) is 0 Å². The topological polar surface area (TPSA) is 0 Å². The molecule has 0 heterocycles. The molecule has 0 fully saturated rings. The minimum Gasteiger partial charge on any atom is -0.0840 e. The molecule has 65 heavy (non-hydrogen) atoms. The molecular formula is C65H76. The molecule has 336 valence electrons. The van der Waals surface area contributed by atoms with E-state index in [9.17, 15) is 0 Å². The molecule has 7 aromatic carbocycles. The molecule has 0 spiro atoms. The molecule has 9 rings (SSSR count). The monoisotopic (exact) mass is 857 g/mol. The number of benzene rings is 7. The Balaban J connectivity index is 0.000000196. The lowest BCUT2D eigenvalue weighted by Crippen LogP contribution is -2.14. The zero-order valence-electron chi connectivity index (χ0n) is 41.4. The smallest absolute Gasteiger partial charge is 0.0159 e. The van der Waals surface area contributed by atoms with E-state index in [4.69, 9.17) is 0 Å². The van der Waals surface area contributed by atoms with Crippen molar-refractivity contribution in [3.63, 3.8) is 0 Å². The van der Waals surface area contributed by atoms with Crippen LogP contribution in [0.1, 0.15) is 114 Å². The van der Waals surface area contributed by atoms with Gasteiger partial charge < -0.3 is 0 Å². The van der Waals surface area contributed by atoms with E-state index >= 15 is 0 Å². The Kier molecular flexibility index (Phi) is 19.6. The van der Waals surface area contributed by atoms with Gasteiger partial charge in [-0.15, -0.1) is 0 Å². The highest BCUT2D eigenvalue weighted by Gasteiger charge is 2.35. The molecule has 0 nitrogen and oxygen atoms in total. The Morgan fingerprint density at radius 3 is 1.69 bits per heavy atom. The number of fused-ring (bicyclic) bond motifs is 3. The van der Waals surface area contributed by atoms with Crippen molar-refractivity contribution in [2.24, 2.45) is 11.8 Å². The van der Waals surface area contributed by atoms with E-state index in [1.165, 1.54) is 110 Å². The van der Waals surface area contributed by atoms with Gasteiger partial charge in [-0.1, -0.05) is 254 Å². The van der Waals surface area contributed by atoms with Crippen molar-refractivity contribution in [3.8, 4) is 44.5 Å². The lowest BCUT2D eigenvalue weighted by molar-refractivity contribution is 0.482. The molecule has 0 N–H and O–H groups in total. The van der Waals surface area contributed by atoms with Crippen LogP contribution in [0.4, 0.5) is 0 Å². The van der Waals surface area contributed by atoms with Crippen molar-refractivity contribution < 1.29 is 0 Å². The van der Waals surface area contributed by atoms with E-state index in [0.29, 0.717) is 0 Å². The van der Waals surface area contributed by atoms with Gasteiger partial charge in [0.15, 0.2) is 0 Å². The number of rotatable bonds is 9. The van der Waals surface area contributed by atoms with E-state index in [1.807, 2.05) is 38.1 Å². The SMILES string of the molecule is CC.CC(C)CCC1C=CC=CC1.CCCCc1ccc(-c2ccc3c(c2)C(C)(C)c2ccccc2-3)cc1-c1ccccc1C.Cc1ccc(-c2ccccc2)cc1.Cc1ccccc1. The lowest BCUT2D eigenvalue weighted by atomic mass is 9.81. The van der Waals surface area contributed by atoms with Crippen LogP contribution in [0.15, 0.2) is 194 Å². The molecule has 0 amide bonds. The first kappa shape index (κ1) is 50.0. The predicted octanol–water partition coefficient (Wildman–Crippen LogP) is 19.2. The summed E-state index contributed by atoms with van der Waals surface area (Å²) in [5.74, 6) is 1.68. The van der Waals surface area contributed by atoms with Gasteiger partial charge >= 0.3 is 0 Å². The van der Waals surface area contributed by atoms with Crippen LogP contribution in [0.2, 0.25) is 0 Å². The third kappa shape index (κ3) is 14.3. The number of aryl methyl sites for hydroxylation is 4. The fraction of sp³-hybridized carbons (Fsp3) is 0.292. The summed E-state index contributed by atoms with van der Waals surface area (Å²) in [7, 11) is 0. The number of allylic oxidation sites excluding steroid dienone is 4. The second-order valence-corrected chi connectivity index (χ2v) is 18.4. The molecule has 7 aromatic rings. The van der Waals surface area contributed by atoms with E-state index in [0.717, 1.165) is 18.3 Å². The Morgan fingerprint density at radius 1 is 0.523 bits per heavy atom. The van der Waals surface area contributed by atoms with Gasteiger partial charge in [0.2, 0.25) is 0 Å². The summed E-state index contributed by atoms with van der Waals surface area (Å²) >= 11 is 0. The van der Waals surface area contributed by atoms with Crippen LogP contribution >= 0.6 is 0 Å². The first-order chi connectivity index (χ1) is 31.5. The van der Waals surface area contributed by atoms with Crippen molar-refractivity contribution in [1.29, 1.82) is 0 Å². The first-order valence-corrected chi connectivity index (χ1v) is 24.5. The molecule has 2 aliphatic rings. The zero-order chi connectivity index (χ0) is 46.6. The van der Waals surface area contributed by atoms with E-state index in [-0.39, 0.29) is 5.41 Å². The van der Waals surface area contributed by atoms with Gasteiger partial charge in [-0.25, -0.2) is 0 Å². The summed E-state index contributed by atoms with van der Waals surface area (Å²) < 4.78 is 0. The standard InChI is InChI=1S/C32H32.C13H12.C11H18.C7H8.C2H6/c1-5-6-12-23-16-17-24(20-29(23)26-13-8-7-11-22(26)2)25-18-19-28-27-14-9-10-15-30(27)32(3,4)31(28)21-25;1-11-7-9-13(10-8-11)12-5-3-2-4-6-12;1-10(2)8-9-11-6-4-3-5-7-11;1-7-5-3-2-4-6-7;1-2/h7-11,13-21H,5-6,12H2,1-4H3;2-10H,1H3;3-6,10-11H,7-9H2,1-2H3;2-6H,1H3;1-2H3. The molecule has 0 saturated carbocycles. The van der Waals surface area contributed by atoms with Crippen molar-refractivity contribution >= 4 is 0 Å². The Hall–Kier alpha value is -5.98. The molecule has 1 atom stereocenters. The molecule has 0 bridgehead atoms. The van der Waals surface area contributed by atoms with Gasteiger partial charge in [-0.05, 0) is 137 Å². The minimum absolute atomic E-state index is 0.0296. The quantitative estimate of drug-likeness (QED) is 0.136. The Labute approximate surface area is 395 Å². The molecule has 0 aliphatic heterocycles. The van der Waals surface area contributed by atoms with Crippen molar-refractivity contribution in [2.45, 2.75) is 113 Å². The minimum atomic E-state index is 0.0296. The lowest BCUT2D eigenvalue weighted by Gasteiger charge is -2.22. The fourth-order valence-corrected chi connectivity index (χ4v) is 8.66. The van der Waals surface area contributed by atoms with Gasteiger partial charge in [0.05, 0.1) is 0 Å². The number of unbranched alkanes of at least 4 members (excludes halogenated alkanes) is 1. The van der Waals surface area contributed by atoms with E-state index < -0.39 is 0 Å². The van der Waals surface area contributed by atoms with Crippen LogP contribution < -0.4 is 0 Å². The van der Waals surface area contributed by atoms with Crippen molar-refractivity contribution in [1.82, 2.24) is 0 Å². The second kappa shape index (κ2) is 25.5. The molecular weight excluding hydrogens is 781 g/mol. The van der Waals surface area contributed by atoms with Gasteiger partial charge in [0.25, 0.3) is 0 Å². The number of hydrogen-bond donors (Lipinski definition) is 0. The maximum absolute atomic E-state index is 2.43. The molecule has 2 aliphatic carbocycles. The maximum Gasteiger partial charge on any atom is 0.0159 e. The second-order valence-electron chi connectivity index (χ2n) is 18.4. The Bertz CT molecular complexity index is 2530. The van der Waals surface area contributed by atoms with Gasteiger partial charge in [-0.2, -0.15) is 0 Å². The van der Waals surface area contributed by atoms with Crippen molar-refractivity contribution in [2.75, 3.05) is 0 Å². The third-order valence-corrected chi connectivity index (χ3v) is 12.5. The van der Waals surface area contributed by atoms with E-state index in [2.05, 4.69) is 225 Å². The maximum atomic E-state index is 2.43. The highest BCUT2D eigenvalue weighted by Crippen LogP contribution is 2.49. The summed E-state index contributed by atoms with van der Waals surface area (Å²) in [5.41, 5.74) is 19.0. The van der Waals surface area contributed by atoms with Crippen LogP contribution in [0.5, 0.6) is 0 Å². The van der Waals surface area contributed by atoms with E-state index in [1.54, 1.807) is 0 Å². The van der Waals surface area contributed by atoms with Gasteiger partial charge in [0.1, 0.15) is 0 Å². The summed E-state index contributed by atoms with van der Waals surface area (Å²) in [5, 5.41) is 0. The summed E-state index contributed by atoms with van der Waals surface area (Å²) in [4.78, 5) is 0. The van der Waals surface area contributed by atoms with Crippen molar-refractivity contribution in [3.05, 3.63) is 228 Å². The van der Waals surface area contributed by atoms with Crippen LogP contribution in [0.25, 0.3) is 44.5 Å². The normalized spacial score (nSPS) is 13.6. The highest BCUT2D eigenvalue weighted by molar-refractivity contribution is 5.85. The average Bonchev–Trinajstić information content (AvgIpc) is 3.57. The predicted molar refractivity (Wildman–Crippen MR) is 288 cm³/mol. The molecule has 0 heteroatoms. The van der Waals surface area contributed by atoms with Crippen LogP contribution in [0.3, 0.4) is 0 Å².